The normalized spacial score (nSPS) is 14.9. The minimum absolute atomic E-state index is 0.0213. The Bertz CT molecular complexity index is 1530. The van der Waals surface area contributed by atoms with E-state index in [0.717, 1.165) is 73.1 Å². The second kappa shape index (κ2) is 23.4. The van der Waals surface area contributed by atoms with Crippen molar-refractivity contribution >= 4 is 52.3 Å². The van der Waals surface area contributed by atoms with Gasteiger partial charge < -0.3 is 30.7 Å². The Morgan fingerprint density at radius 3 is 2.25 bits per heavy atom. The highest BCUT2D eigenvalue weighted by Gasteiger charge is 2.35. The van der Waals surface area contributed by atoms with Gasteiger partial charge in [0.1, 0.15) is 10.7 Å². The first-order valence-corrected chi connectivity index (χ1v) is 20.3. The molecule has 1 fully saturated rings. The van der Waals surface area contributed by atoms with Gasteiger partial charge in [0.25, 0.3) is 5.91 Å². The molecule has 2 aromatic rings. The van der Waals surface area contributed by atoms with Crippen LogP contribution in [0.2, 0.25) is 0 Å². The van der Waals surface area contributed by atoms with Crippen LogP contribution in [0.5, 0.6) is 0 Å². The molecule has 13 nitrogen and oxygen atoms in total. The molecule has 310 valence electrons. The number of ether oxygens (including phenoxy) is 2. The Hall–Kier alpha value is -3.64. The number of aromatic nitrogens is 2. The van der Waals surface area contributed by atoms with Crippen molar-refractivity contribution < 1.29 is 46.6 Å². The summed E-state index contributed by atoms with van der Waals surface area (Å²) in [6, 6.07) is -1.01. The summed E-state index contributed by atoms with van der Waals surface area (Å²) in [5, 5.41) is 8.74. The number of thiazole rings is 2. The summed E-state index contributed by atoms with van der Waals surface area (Å²) < 4.78 is 49.7. The molecule has 18 heteroatoms. The first-order chi connectivity index (χ1) is 25.9. The molecule has 2 heterocycles. The van der Waals surface area contributed by atoms with Gasteiger partial charge in [-0.2, -0.15) is 13.2 Å². The molecule has 1 aliphatic carbocycles. The summed E-state index contributed by atoms with van der Waals surface area (Å²) in [7, 11) is 4.90. The van der Waals surface area contributed by atoms with Gasteiger partial charge in [-0.25, -0.2) is 9.97 Å². The van der Waals surface area contributed by atoms with Crippen LogP contribution in [0.15, 0.2) is 10.8 Å². The Balaban J connectivity index is 0.000000915. The molecule has 0 bridgehead atoms. The van der Waals surface area contributed by atoms with Crippen LogP contribution in [0.3, 0.4) is 0 Å². The highest BCUT2D eigenvalue weighted by atomic mass is 32.1. The predicted molar refractivity (Wildman–Crippen MR) is 204 cm³/mol. The van der Waals surface area contributed by atoms with Crippen molar-refractivity contribution in [2.75, 3.05) is 27.7 Å². The van der Waals surface area contributed by atoms with Crippen molar-refractivity contribution in [2.45, 2.75) is 123 Å². The summed E-state index contributed by atoms with van der Waals surface area (Å²) >= 11 is 1.94. The van der Waals surface area contributed by atoms with Crippen molar-refractivity contribution in [3.63, 3.8) is 0 Å². The van der Waals surface area contributed by atoms with Crippen LogP contribution in [0.4, 0.5) is 13.2 Å². The fourth-order valence-corrected chi connectivity index (χ4v) is 7.55. The molecule has 0 saturated heterocycles. The van der Waals surface area contributed by atoms with Crippen LogP contribution >= 0.6 is 22.7 Å². The van der Waals surface area contributed by atoms with E-state index in [1.54, 1.807) is 18.9 Å². The molecular formula is C37H57F3N6O7S2. The Labute approximate surface area is 329 Å². The van der Waals surface area contributed by atoms with Gasteiger partial charge in [-0.15, -0.1) is 22.7 Å². The quantitative estimate of drug-likeness (QED) is 0.0931. The first kappa shape index (κ1) is 47.5. The van der Waals surface area contributed by atoms with Crippen LogP contribution < -0.4 is 16.4 Å². The number of primary amides is 1. The van der Waals surface area contributed by atoms with Crippen LogP contribution in [-0.2, 0) is 41.2 Å². The number of hydrogen-bond acceptors (Lipinski definition) is 12. The molecule has 4 N–H and O–H groups in total. The van der Waals surface area contributed by atoms with Gasteiger partial charge in [0.05, 0.1) is 18.0 Å². The van der Waals surface area contributed by atoms with E-state index in [-0.39, 0.29) is 53.7 Å². The zero-order valence-electron chi connectivity index (χ0n) is 32.8. The summed E-state index contributed by atoms with van der Waals surface area (Å²) in [5.41, 5.74) is 3.95. The SMILES string of the molecule is CNCCCCCC(N)=O.COC(=O)C(C)CC(Cc1nc(C(F)(F)F)cs1)NC(=O)c1csc(C(CC(C(C)C)N(C)C(=O)CCC2CC2)OC(C)=O)n1. The summed E-state index contributed by atoms with van der Waals surface area (Å²) in [6.07, 6.45) is 2.22. The van der Waals surface area contributed by atoms with E-state index in [9.17, 15) is 37.1 Å². The molecule has 2 aromatic heterocycles. The lowest BCUT2D eigenvalue weighted by atomic mass is 9.96. The Morgan fingerprint density at radius 1 is 1.02 bits per heavy atom. The number of unbranched alkanes of at least 4 members (excludes halogenated alkanes) is 2. The van der Waals surface area contributed by atoms with Crippen molar-refractivity contribution in [1.29, 1.82) is 0 Å². The fraction of sp³-hybridized carbons (Fsp3) is 0.703. The van der Waals surface area contributed by atoms with Crippen molar-refractivity contribution in [1.82, 2.24) is 25.5 Å². The maximum Gasteiger partial charge on any atom is 0.434 e. The van der Waals surface area contributed by atoms with E-state index in [2.05, 4.69) is 20.6 Å². The third kappa shape index (κ3) is 17.8. The molecule has 1 aliphatic rings. The smallest absolute Gasteiger partial charge is 0.434 e. The standard InChI is InChI=1S/C30H41F3N4O6S2.C7H16N2O/c1-16(2)22(37(5)26(39)10-9-19-7-8-19)13-23(43-18(4)38)28-35-21(14-45-28)27(40)34-20(11-17(3)29(41)42-6)12-25-36-24(15-44-25)30(31,32)33;1-9-6-4-2-3-5-7(8)10/h14-17,19-20,22-23H,7-13H2,1-6H3,(H,34,40);9H,2-6H2,1H3,(H2,8,10). The maximum absolute atomic E-state index is 13.3. The molecular weight excluding hydrogens is 762 g/mol. The van der Waals surface area contributed by atoms with Crippen LogP contribution in [0.1, 0.15) is 124 Å². The third-order valence-corrected chi connectivity index (χ3v) is 10.9. The molecule has 3 amide bonds. The van der Waals surface area contributed by atoms with E-state index in [1.807, 2.05) is 20.9 Å². The van der Waals surface area contributed by atoms with E-state index in [4.69, 9.17) is 15.2 Å². The number of methoxy groups -OCH3 is 1. The average Bonchev–Trinajstić information content (AvgIpc) is 3.57. The van der Waals surface area contributed by atoms with Crippen LogP contribution in [0.25, 0.3) is 0 Å². The third-order valence-electron chi connectivity index (χ3n) is 9.11. The minimum atomic E-state index is -4.60. The number of esters is 2. The number of nitrogens with one attached hydrogen (secondary N) is 2. The van der Waals surface area contributed by atoms with Crippen molar-refractivity contribution in [3.8, 4) is 0 Å². The number of carbonyl (C=O) groups is 5. The lowest BCUT2D eigenvalue weighted by molar-refractivity contribution is -0.148. The van der Waals surface area contributed by atoms with Crippen LogP contribution in [0, 0.1) is 17.8 Å². The number of rotatable bonds is 22. The lowest BCUT2D eigenvalue weighted by Gasteiger charge is -2.33. The molecule has 4 atom stereocenters. The monoisotopic (exact) mass is 818 g/mol. The molecule has 0 radical (unpaired) electrons. The molecule has 0 spiro atoms. The van der Waals surface area contributed by atoms with Gasteiger partial charge in [-0.05, 0) is 51.1 Å². The highest BCUT2D eigenvalue weighted by molar-refractivity contribution is 7.10. The van der Waals surface area contributed by atoms with Gasteiger partial charge in [0.2, 0.25) is 11.8 Å². The number of hydrogen-bond donors (Lipinski definition) is 3. The number of halogens is 3. The molecule has 4 unspecified atom stereocenters. The van der Waals surface area contributed by atoms with Crippen LogP contribution in [-0.4, -0.2) is 84.4 Å². The summed E-state index contributed by atoms with van der Waals surface area (Å²) in [6.45, 7) is 7.86. The molecule has 0 aromatic carbocycles. The van der Waals surface area contributed by atoms with E-state index in [1.165, 1.54) is 19.4 Å². The van der Waals surface area contributed by atoms with Crippen molar-refractivity contribution in [2.24, 2.45) is 23.5 Å². The topological polar surface area (TPSA) is 183 Å². The maximum atomic E-state index is 13.3. The molecule has 1 saturated carbocycles. The Morgan fingerprint density at radius 2 is 1.71 bits per heavy atom. The second-order valence-corrected chi connectivity index (χ2v) is 16.1. The fourth-order valence-electron chi connectivity index (χ4n) is 5.83. The van der Waals surface area contributed by atoms with E-state index < -0.39 is 47.8 Å². The molecule has 0 aliphatic heterocycles. The lowest BCUT2D eigenvalue weighted by Crippen LogP contribution is -2.41. The van der Waals surface area contributed by atoms with E-state index in [0.29, 0.717) is 23.8 Å². The number of carbonyl (C=O) groups excluding carboxylic acids is 5. The average molecular weight is 819 g/mol. The second-order valence-electron chi connectivity index (χ2n) is 14.2. The Kier molecular flexibility index (Phi) is 20.2. The zero-order chi connectivity index (χ0) is 41.3. The summed E-state index contributed by atoms with van der Waals surface area (Å²) in [5.74, 6) is -1.83. The molecule has 3 rings (SSSR count). The van der Waals surface area contributed by atoms with Gasteiger partial charge in [0.15, 0.2) is 11.8 Å². The van der Waals surface area contributed by atoms with Gasteiger partial charge >= 0.3 is 18.1 Å². The predicted octanol–water partition coefficient (Wildman–Crippen LogP) is 6.08. The minimum Gasteiger partial charge on any atom is -0.469 e. The number of nitrogens with zero attached hydrogens (tertiary/aromatic N) is 3. The summed E-state index contributed by atoms with van der Waals surface area (Å²) in [4.78, 5) is 70.4. The van der Waals surface area contributed by atoms with Crippen molar-refractivity contribution in [3.05, 3.63) is 32.2 Å². The number of amides is 3. The van der Waals surface area contributed by atoms with Gasteiger partial charge in [-0.1, -0.05) is 40.0 Å². The first-order valence-electron chi connectivity index (χ1n) is 18.6. The van der Waals surface area contributed by atoms with E-state index >= 15 is 0 Å². The number of alkyl halides is 3. The number of nitrogens with two attached hydrogens (primary N) is 1. The molecule has 55 heavy (non-hydrogen) atoms. The zero-order valence-corrected chi connectivity index (χ0v) is 34.5. The highest BCUT2D eigenvalue weighted by Crippen LogP contribution is 2.35. The van der Waals surface area contributed by atoms with Gasteiger partial charge in [-0.3, -0.25) is 24.0 Å². The largest absolute Gasteiger partial charge is 0.469 e. The van der Waals surface area contributed by atoms with Gasteiger partial charge in [0, 0.05) is 62.5 Å².